The van der Waals surface area contributed by atoms with E-state index in [1.807, 2.05) is 18.2 Å². The molecule has 0 saturated carbocycles. The molecule has 0 unspecified atom stereocenters. The summed E-state index contributed by atoms with van der Waals surface area (Å²) in [7, 11) is 0. The first-order chi connectivity index (χ1) is 17.7. The summed E-state index contributed by atoms with van der Waals surface area (Å²) in [5.74, 6) is -1.70. The number of piperidine rings is 1. The smallest absolute Gasteiger partial charge is 0.419 e. The highest BCUT2D eigenvalue weighted by Crippen LogP contribution is 2.34. The number of rotatable bonds is 7. The van der Waals surface area contributed by atoms with E-state index in [1.165, 1.54) is 18.6 Å². The Morgan fingerprint density at radius 1 is 1.05 bits per heavy atom. The number of urea groups is 1. The summed E-state index contributed by atoms with van der Waals surface area (Å²) in [4.78, 5) is 39.7. The minimum atomic E-state index is -1.05. The van der Waals surface area contributed by atoms with Gasteiger partial charge in [-0.15, -0.1) is 0 Å². The minimum absolute atomic E-state index is 0.0879. The first kappa shape index (κ1) is 26.5. The third-order valence-corrected chi connectivity index (χ3v) is 6.90. The van der Waals surface area contributed by atoms with Crippen LogP contribution in [-0.4, -0.2) is 60.1 Å². The van der Waals surface area contributed by atoms with Crippen LogP contribution in [0.2, 0.25) is 0 Å². The SMILES string of the molecule is CC(=O)Nc1cccc(C2CCN(CCCNC(=O)N3C(=O)O[C@H](C)[C@H]3c3ccc(F)c(F)c3)CC2)c1. The predicted octanol–water partition coefficient (Wildman–Crippen LogP) is 4.78. The van der Waals surface area contributed by atoms with E-state index in [0.717, 1.165) is 55.2 Å². The van der Waals surface area contributed by atoms with Crippen LogP contribution in [0.25, 0.3) is 0 Å². The van der Waals surface area contributed by atoms with E-state index in [9.17, 15) is 23.2 Å². The van der Waals surface area contributed by atoms with Gasteiger partial charge in [0, 0.05) is 19.2 Å². The van der Waals surface area contributed by atoms with Crippen molar-refractivity contribution < 1.29 is 27.9 Å². The van der Waals surface area contributed by atoms with E-state index in [1.54, 1.807) is 6.92 Å². The third kappa shape index (κ3) is 6.43. The van der Waals surface area contributed by atoms with E-state index in [2.05, 4.69) is 21.6 Å². The molecule has 2 N–H and O–H groups in total. The van der Waals surface area contributed by atoms with Gasteiger partial charge in [0.2, 0.25) is 5.91 Å². The maximum Gasteiger partial charge on any atom is 0.419 e. The van der Waals surface area contributed by atoms with Crippen molar-refractivity contribution in [1.29, 1.82) is 0 Å². The highest BCUT2D eigenvalue weighted by Gasteiger charge is 2.44. The predicted molar refractivity (Wildman–Crippen MR) is 134 cm³/mol. The third-order valence-electron chi connectivity index (χ3n) is 6.90. The van der Waals surface area contributed by atoms with Gasteiger partial charge >= 0.3 is 12.1 Å². The molecule has 0 aliphatic carbocycles. The molecule has 0 bridgehead atoms. The van der Waals surface area contributed by atoms with Crippen LogP contribution >= 0.6 is 0 Å². The molecule has 37 heavy (non-hydrogen) atoms. The summed E-state index contributed by atoms with van der Waals surface area (Å²) >= 11 is 0. The van der Waals surface area contributed by atoms with Crippen LogP contribution in [0.1, 0.15) is 56.2 Å². The molecule has 8 nitrogen and oxygen atoms in total. The molecule has 0 radical (unpaired) electrons. The first-order valence-corrected chi connectivity index (χ1v) is 12.6. The zero-order valence-corrected chi connectivity index (χ0v) is 21.0. The number of likely N-dealkylation sites (tertiary alicyclic amines) is 1. The molecule has 2 saturated heterocycles. The molecule has 2 aliphatic heterocycles. The molecule has 0 spiro atoms. The fourth-order valence-electron chi connectivity index (χ4n) is 5.08. The van der Waals surface area contributed by atoms with Crippen LogP contribution in [-0.2, 0) is 9.53 Å². The Kier molecular flexibility index (Phi) is 8.38. The van der Waals surface area contributed by atoms with Crippen molar-refractivity contribution in [1.82, 2.24) is 15.1 Å². The molecule has 0 aromatic heterocycles. The normalized spacial score (nSPS) is 20.5. The molecular formula is C27H32F2N4O4. The molecule has 4 rings (SSSR count). The van der Waals surface area contributed by atoms with Gasteiger partial charge in [-0.05, 0) is 87.1 Å². The van der Waals surface area contributed by atoms with Crippen LogP contribution in [0.5, 0.6) is 0 Å². The zero-order valence-electron chi connectivity index (χ0n) is 21.0. The van der Waals surface area contributed by atoms with Gasteiger partial charge in [0.1, 0.15) is 12.1 Å². The molecule has 2 aromatic rings. The number of hydrogen-bond donors (Lipinski definition) is 2. The van der Waals surface area contributed by atoms with Crippen LogP contribution in [0.15, 0.2) is 42.5 Å². The molecule has 10 heteroatoms. The van der Waals surface area contributed by atoms with Crippen molar-refractivity contribution >= 4 is 23.7 Å². The van der Waals surface area contributed by atoms with Gasteiger partial charge in [0.15, 0.2) is 11.6 Å². The maximum absolute atomic E-state index is 13.8. The number of carbonyl (C=O) groups is 3. The lowest BCUT2D eigenvalue weighted by Gasteiger charge is -2.32. The van der Waals surface area contributed by atoms with Crippen LogP contribution in [0, 0.1) is 11.6 Å². The van der Waals surface area contributed by atoms with Gasteiger partial charge in [0.05, 0.1) is 0 Å². The molecule has 2 atom stereocenters. The number of halogens is 2. The molecule has 2 aliphatic rings. The van der Waals surface area contributed by atoms with Crippen LogP contribution in [0.4, 0.5) is 24.1 Å². The van der Waals surface area contributed by atoms with Gasteiger partial charge in [-0.2, -0.15) is 0 Å². The second-order valence-electron chi connectivity index (χ2n) is 9.59. The Morgan fingerprint density at radius 3 is 2.51 bits per heavy atom. The fraction of sp³-hybridized carbons (Fsp3) is 0.444. The molecular weight excluding hydrogens is 482 g/mol. The van der Waals surface area contributed by atoms with Crippen LogP contribution in [0.3, 0.4) is 0 Å². The average molecular weight is 515 g/mol. The number of nitrogens with one attached hydrogen (secondary N) is 2. The standard InChI is InChI=1S/C27H32F2N4O4/c1-17-25(21-7-8-23(28)24(29)16-21)33(27(36)37-17)26(35)30-11-4-12-32-13-9-19(10-14-32)20-5-3-6-22(15-20)31-18(2)34/h3,5-8,15-17,19,25H,4,9-14H2,1-2H3,(H,30,35)(H,31,34)/t17-,25+/m1/s1. The highest BCUT2D eigenvalue weighted by atomic mass is 19.2. The van der Waals surface area contributed by atoms with Gasteiger partial charge in [-0.25, -0.2) is 23.3 Å². The summed E-state index contributed by atoms with van der Waals surface area (Å²) in [6, 6.07) is 9.82. The number of hydrogen-bond acceptors (Lipinski definition) is 5. The highest BCUT2D eigenvalue weighted by molar-refractivity contribution is 5.93. The molecule has 4 amide bonds. The second kappa shape index (κ2) is 11.7. The number of benzene rings is 2. The number of carbonyl (C=O) groups excluding carboxylic acids is 3. The number of anilines is 1. The van der Waals surface area contributed by atoms with E-state index in [0.29, 0.717) is 18.9 Å². The Hall–Kier alpha value is -3.53. The van der Waals surface area contributed by atoms with E-state index in [4.69, 9.17) is 4.74 Å². The summed E-state index contributed by atoms with van der Waals surface area (Å²) in [6.07, 6.45) is 1.20. The lowest BCUT2D eigenvalue weighted by atomic mass is 9.89. The van der Waals surface area contributed by atoms with E-state index < -0.39 is 35.9 Å². The lowest BCUT2D eigenvalue weighted by molar-refractivity contribution is -0.114. The molecule has 2 fully saturated rings. The van der Waals surface area contributed by atoms with Gasteiger partial charge < -0.3 is 20.3 Å². The summed E-state index contributed by atoms with van der Waals surface area (Å²) in [5, 5.41) is 5.58. The summed E-state index contributed by atoms with van der Waals surface area (Å²) < 4.78 is 32.3. The fourth-order valence-corrected chi connectivity index (χ4v) is 5.08. The number of amides is 4. The van der Waals surface area contributed by atoms with Gasteiger partial charge in [0.25, 0.3) is 0 Å². The van der Waals surface area contributed by atoms with E-state index in [-0.39, 0.29) is 11.5 Å². The maximum atomic E-state index is 13.8. The van der Waals surface area contributed by atoms with Crippen molar-refractivity contribution in [3.63, 3.8) is 0 Å². The molecule has 2 aromatic carbocycles. The lowest BCUT2D eigenvalue weighted by Crippen LogP contribution is -2.43. The van der Waals surface area contributed by atoms with Crippen molar-refractivity contribution in [2.24, 2.45) is 0 Å². The number of nitrogens with zero attached hydrogens (tertiary/aromatic N) is 2. The Bertz CT molecular complexity index is 1150. The van der Waals surface area contributed by atoms with Crippen molar-refractivity contribution in [2.45, 2.75) is 51.2 Å². The first-order valence-electron chi connectivity index (χ1n) is 12.6. The van der Waals surface area contributed by atoms with Crippen LogP contribution < -0.4 is 10.6 Å². The Labute approximate surface area is 214 Å². The van der Waals surface area contributed by atoms with Crippen molar-refractivity contribution in [2.75, 3.05) is 31.5 Å². The minimum Gasteiger partial charge on any atom is -0.443 e. The topological polar surface area (TPSA) is 91.0 Å². The van der Waals surface area contributed by atoms with E-state index >= 15 is 0 Å². The largest absolute Gasteiger partial charge is 0.443 e. The van der Waals surface area contributed by atoms with Gasteiger partial charge in [-0.3, -0.25) is 4.79 Å². The average Bonchev–Trinajstić information content (AvgIpc) is 3.17. The molecule has 2 heterocycles. The quantitative estimate of drug-likeness (QED) is 0.519. The monoisotopic (exact) mass is 514 g/mol. The number of imide groups is 1. The Morgan fingerprint density at radius 2 is 1.81 bits per heavy atom. The Balaban J connectivity index is 1.23. The number of ether oxygens (including phenoxy) is 1. The summed E-state index contributed by atoms with van der Waals surface area (Å²) in [6.45, 7) is 6.12. The van der Waals surface area contributed by atoms with Crippen molar-refractivity contribution in [3.05, 3.63) is 65.2 Å². The summed E-state index contributed by atoms with van der Waals surface area (Å²) in [5.41, 5.74) is 2.32. The second-order valence-corrected chi connectivity index (χ2v) is 9.59. The number of cyclic esters (lactones) is 1. The van der Waals surface area contributed by atoms with Crippen molar-refractivity contribution in [3.8, 4) is 0 Å². The molecule has 198 valence electrons. The van der Waals surface area contributed by atoms with Gasteiger partial charge in [-0.1, -0.05) is 18.2 Å². The zero-order chi connectivity index (χ0) is 26.5.